The Labute approximate surface area is 96.0 Å². The van der Waals surface area contributed by atoms with Crippen LogP contribution >= 0.6 is 0 Å². The maximum absolute atomic E-state index is 9.88. The predicted molar refractivity (Wildman–Crippen MR) is 66.9 cm³/mol. The second kappa shape index (κ2) is 4.12. The van der Waals surface area contributed by atoms with Crippen molar-refractivity contribution < 1.29 is 5.11 Å². The lowest BCUT2D eigenvalue weighted by Gasteiger charge is -2.09. The first kappa shape index (κ1) is 10.9. The van der Waals surface area contributed by atoms with Gasteiger partial charge < -0.3 is 5.11 Å². The monoisotopic (exact) mass is 215 g/mol. The van der Waals surface area contributed by atoms with Crippen molar-refractivity contribution in [1.82, 2.24) is 4.98 Å². The lowest BCUT2D eigenvalue weighted by molar-refractivity contribution is 0.461. The summed E-state index contributed by atoms with van der Waals surface area (Å²) in [6.07, 6.45) is 1.00. The standard InChI is InChI=1S/C14H17NO/c1-4-10-5-6-12-11(7-10)8-13(16)14(15-12)9(2)3/h5-9,16H,4H2,1-3H3. The van der Waals surface area contributed by atoms with Gasteiger partial charge in [0.2, 0.25) is 0 Å². The highest BCUT2D eigenvalue weighted by Gasteiger charge is 2.09. The van der Waals surface area contributed by atoms with Crippen LogP contribution < -0.4 is 0 Å². The number of hydrogen-bond donors (Lipinski definition) is 1. The Morgan fingerprint density at radius 2 is 2.00 bits per heavy atom. The van der Waals surface area contributed by atoms with Crippen LogP contribution in [0.1, 0.15) is 37.9 Å². The first-order chi connectivity index (χ1) is 7.61. The van der Waals surface area contributed by atoms with Crippen LogP contribution in [0.4, 0.5) is 0 Å². The molecule has 0 fully saturated rings. The van der Waals surface area contributed by atoms with Crippen LogP contribution in [0.3, 0.4) is 0 Å². The summed E-state index contributed by atoms with van der Waals surface area (Å²) in [5, 5.41) is 10.9. The predicted octanol–water partition coefficient (Wildman–Crippen LogP) is 3.63. The Hall–Kier alpha value is -1.57. The average molecular weight is 215 g/mol. The van der Waals surface area contributed by atoms with E-state index in [0.29, 0.717) is 5.75 Å². The number of fused-ring (bicyclic) bond motifs is 1. The maximum Gasteiger partial charge on any atom is 0.137 e. The van der Waals surface area contributed by atoms with Crippen LogP contribution in [-0.2, 0) is 6.42 Å². The van der Waals surface area contributed by atoms with Gasteiger partial charge >= 0.3 is 0 Å². The van der Waals surface area contributed by atoms with E-state index in [1.807, 2.05) is 26.0 Å². The number of hydrogen-bond acceptors (Lipinski definition) is 2. The van der Waals surface area contributed by atoms with Crippen molar-refractivity contribution in [1.29, 1.82) is 0 Å². The smallest absolute Gasteiger partial charge is 0.137 e. The number of pyridine rings is 1. The molecule has 0 saturated carbocycles. The van der Waals surface area contributed by atoms with Gasteiger partial charge in [-0.15, -0.1) is 0 Å². The minimum absolute atomic E-state index is 0.246. The van der Waals surface area contributed by atoms with E-state index in [2.05, 4.69) is 24.0 Å². The molecule has 1 aromatic heterocycles. The molecule has 0 spiro atoms. The molecule has 0 aliphatic heterocycles. The van der Waals surface area contributed by atoms with E-state index in [1.54, 1.807) is 0 Å². The summed E-state index contributed by atoms with van der Waals surface area (Å²) in [5.41, 5.74) is 3.00. The molecule has 0 saturated heterocycles. The fourth-order valence-corrected chi connectivity index (χ4v) is 1.87. The molecule has 0 radical (unpaired) electrons. The van der Waals surface area contributed by atoms with E-state index < -0.39 is 0 Å². The van der Waals surface area contributed by atoms with Crippen molar-refractivity contribution in [2.45, 2.75) is 33.1 Å². The number of aryl methyl sites for hydroxylation is 1. The summed E-state index contributed by atoms with van der Waals surface area (Å²) in [6, 6.07) is 8.03. The normalized spacial score (nSPS) is 11.2. The zero-order valence-electron chi connectivity index (χ0n) is 9.99. The minimum Gasteiger partial charge on any atom is -0.506 e. The SMILES string of the molecule is CCc1ccc2nc(C(C)C)c(O)cc2c1. The Kier molecular flexibility index (Phi) is 2.82. The molecular formula is C14H17NO. The summed E-state index contributed by atoms with van der Waals surface area (Å²) in [5.74, 6) is 0.547. The van der Waals surface area contributed by atoms with Gasteiger partial charge in [0, 0.05) is 5.39 Å². The van der Waals surface area contributed by atoms with Crippen LogP contribution in [0.5, 0.6) is 5.75 Å². The van der Waals surface area contributed by atoms with Gasteiger partial charge in [-0.3, -0.25) is 0 Å². The Morgan fingerprint density at radius 3 is 2.62 bits per heavy atom. The molecule has 0 bridgehead atoms. The molecule has 16 heavy (non-hydrogen) atoms. The number of aromatic hydroxyl groups is 1. The van der Waals surface area contributed by atoms with E-state index in [9.17, 15) is 5.11 Å². The van der Waals surface area contributed by atoms with Gasteiger partial charge in [-0.25, -0.2) is 4.98 Å². The molecule has 1 N–H and O–H groups in total. The summed E-state index contributed by atoms with van der Waals surface area (Å²) in [7, 11) is 0. The summed E-state index contributed by atoms with van der Waals surface area (Å²) in [4.78, 5) is 4.50. The number of rotatable bonds is 2. The Balaban J connectivity index is 2.64. The van der Waals surface area contributed by atoms with Crippen molar-refractivity contribution in [2.24, 2.45) is 0 Å². The molecule has 0 atom stereocenters. The molecular weight excluding hydrogens is 198 g/mol. The van der Waals surface area contributed by atoms with Crippen LogP contribution in [0, 0.1) is 0 Å². The van der Waals surface area contributed by atoms with Crippen LogP contribution in [-0.4, -0.2) is 10.1 Å². The van der Waals surface area contributed by atoms with Crippen molar-refractivity contribution in [3.8, 4) is 5.75 Å². The summed E-state index contributed by atoms with van der Waals surface area (Å²) in [6.45, 7) is 6.19. The van der Waals surface area contributed by atoms with Crippen molar-refractivity contribution in [3.63, 3.8) is 0 Å². The van der Waals surface area contributed by atoms with Crippen LogP contribution in [0.15, 0.2) is 24.3 Å². The van der Waals surface area contributed by atoms with Gasteiger partial charge in [-0.05, 0) is 36.1 Å². The minimum atomic E-state index is 0.246. The maximum atomic E-state index is 9.88. The molecule has 0 amide bonds. The van der Waals surface area contributed by atoms with Gasteiger partial charge in [0.05, 0.1) is 11.2 Å². The largest absolute Gasteiger partial charge is 0.506 e. The number of nitrogens with zero attached hydrogens (tertiary/aromatic N) is 1. The van der Waals surface area contributed by atoms with E-state index in [4.69, 9.17) is 0 Å². The summed E-state index contributed by atoms with van der Waals surface area (Å²) >= 11 is 0. The fourth-order valence-electron chi connectivity index (χ4n) is 1.87. The molecule has 1 heterocycles. The first-order valence-electron chi connectivity index (χ1n) is 5.74. The third kappa shape index (κ3) is 1.87. The third-order valence-electron chi connectivity index (χ3n) is 2.84. The van der Waals surface area contributed by atoms with Crippen LogP contribution in [0.25, 0.3) is 10.9 Å². The van der Waals surface area contributed by atoms with Crippen molar-refractivity contribution in [2.75, 3.05) is 0 Å². The lowest BCUT2D eigenvalue weighted by atomic mass is 10.0. The molecule has 2 heteroatoms. The van der Waals surface area contributed by atoms with Crippen molar-refractivity contribution in [3.05, 3.63) is 35.5 Å². The average Bonchev–Trinajstić information content (AvgIpc) is 2.27. The van der Waals surface area contributed by atoms with Gasteiger partial charge in [-0.1, -0.05) is 26.8 Å². The Morgan fingerprint density at radius 1 is 1.25 bits per heavy atom. The molecule has 2 rings (SSSR count). The highest BCUT2D eigenvalue weighted by atomic mass is 16.3. The quantitative estimate of drug-likeness (QED) is 0.829. The van der Waals surface area contributed by atoms with Crippen LogP contribution in [0.2, 0.25) is 0 Å². The first-order valence-corrected chi connectivity index (χ1v) is 5.74. The Bertz CT molecular complexity index is 517. The third-order valence-corrected chi connectivity index (χ3v) is 2.84. The fraction of sp³-hybridized carbons (Fsp3) is 0.357. The molecule has 2 nitrogen and oxygen atoms in total. The molecule has 84 valence electrons. The number of benzene rings is 1. The van der Waals surface area contributed by atoms with Gasteiger partial charge in [0.15, 0.2) is 0 Å². The van der Waals surface area contributed by atoms with Gasteiger partial charge in [-0.2, -0.15) is 0 Å². The van der Waals surface area contributed by atoms with Crippen molar-refractivity contribution >= 4 is 10.9 Å². The van der Waals surface area contributed by atoms with E-state index in [-0.39, 0.29) is 5.92 Å². The second-order valence-corrected chi connectivity index (χ2v) is 4.43. The van der Waals surface area contributed by atoms with E-state index in [0.717, 1.165) is 23.0 Å². The highest BCUT2D eigenvalue weighted by molar-refractivity contribution is 5.81. The topological polar surface area (TPSA) is 33.1 Å². The highest BCUT2D eigenvalue weighted by Crippen LogP contribution is 2.27. The molecule has 1 aromatic carbocycles. The van der Waals surface area contributed by atoms with Gasteiger partial charge in [0.1, 0.15) is 5.75 Å². The molecule has 0 unspecified atom stereocenters. The molecule has 0 aliphatic carbocycles. The lowest BCUT2D eigenvalue weighted by Crippen LogP contribution is -1.94. The van der Waals surface area contributed by atoms with E-state index >= 15 is 0 Å². The summed E-state index contributed by atoms with van der Waals surface area (Å²) < 4.78 is 0. The molecule has 2 aromatic rings. The number of aromatic nitrogens is 1. The van der Waals surface area contributed by atoms with E-state index in [1.165, 1.54) is 5.56 Å². The zero-order chi connectivity index (χ0) is 11.7. The van der Waals surface area contributed by atoms with Gasteiger partial charge in [0.25, 0.3) is 0 Å². The zero-order valence-corrected chi connectivity index (χ0v) is 9.99. The second-order valence-electron chi connectivity index (χ2n) is 4.43. The molecule has 0 aliphatic rings.